The minimum atomic E-state index is -0.440. The van der Waals surface area contributed by atoms with E-state index >= 15 is 0 Å². The van der Waals surface area contributed by atoms with Crippen LogP contribution in [-0.4, -0.2) is 14.9 Å². The van der Waals surface area contributed by atoms with Gasteiger partial charge in [0.15, 0.2) is 10.8 Å². The van der Waals surface area contributed by atoms with E-state index in [2.05, 4.69) is 15.3 Å². The summed E-state index contributed by atoms with van der Waals surface area (Å²) in [6.07, 6.45) is 0. The third kappa shape index (κ3) is 3.16. The number of H-pyrrole nitrogens is 1. The molecule has 0 aliphatic rings. The van der Waals surface area contributed by atoms with Gasteiger partial charge in [-0.1, -0.05) is 66.7 Å². The van der Waals surface area contributed by atoms with E-state index in [1.807, 2.05) is 72.8 Å². The molecule has 132 valence electrons. The summed E-state index contributed by atoms with van der Waals surface area (Å²) in [5.74, 6) is 0. The maximum absolute atomic E-state index is 12.7. The van der Waals surface area contributed by atoms with Crippen LogP contribution in [0.15, 0.2) is 87.8 Å². The molecule has 3 aromatic carbocycles. The van der Waals surface area contributed by atoms with E-state index in [-0.39, 0.29) is 10.8 Å². The third-order valence-corrected chi connectivity index (χ3v) is 4.36. The van der Waals surface area contributed by atoms with Crippen molar-refractivity contribution in [2.45, 2.75) is 0 Å². The Bertz CT molecular complexity index is 1220. The summed E-state index contributed by atoms with van der Waals surface area (Å²) < 4.78 is 1.09. The molecule has 0 saturated carbocycles. The number of aromatic nitrogens is 2. The number of hydrogen-bond donors (Lipinski definition) is 2. The smallest absolute Gasteiger partial charge is 0.301 e. The summed E-state index contributed by atoms with van der Waals surface area (Å²) in [6.45, 7) is 0. The summed E-state index contributed by atoms with van der Waals surface area (Å²) in [7, 11) is 0. The second kappa shape index (κ2) is 6.97. The first-order valence-corrected chi connectivity index (χ1v) is 8.66. The first-order chi connectivity index (χ1) is 13.1. The van der Waals surface area contributed by atoms with E-state index in [9.17, 15) is 4.79 Å². The van der Waals surface area contributed by atoms with Crippen LogP contribution in [0.4, 0.5) is 11.4 Å². The Morgan fingerprint density at radius 3 is 2.41 bits per heavy atom. The normalized spacial score (nSPS) is 11.3. The Kier molecular flexibility index (Phi) is 4.35. The monoisotopic (exact) mass is 373 g/mol. The number of azo groups is 1. The molecule has 7 heteroatoms. The summed E-state index contributed by atoms with van der Waals surface area (Å²) in [5, 5.41) is 13.4. The fraction of sp³-hybridized carbons (Fsp3) is 0. The number of aromatic amines is 1. The standard InChI is InChI=1S/C20H15N5OS/c21-20(27)25-19(26)18(17(24-25)14-8-2-1-3-9-14)23-22-16-12-6-10-13-7-4-5-11-15(13)16/h1-12,24H,(H2,21,27). The SMILES string of the molecule is NC(=S)n1[nH]c(-c2ccccc2)c(N=Nc2cccc3ccccc23)c1=O. The molecule has 0 spiro atoms. The van der Waals surface area contributed by atoms with Gasteiger partial charge in [-0.25, -0.2) is 0 Å². The summed E-state index contributed by atoms with van der Waals surface area (Å²) in [4.78, 5) is 12.7. The van der Waals surface area contributed by atoms with E-state index in [4.69, 9.17) is 18.0 Å². The van der Waals surface area contributed by atoms with Crippen LogP contribution in [0, 0.1) is 0 Å². The zero-order valence-electron chi connectivity index (χ0n) is 14.2. The van der Waals surface area contributed by atoms with Crippen LogP contribution in [0.2, 0.25) is 0 Å². The number of nitrogens with zero attached hydrogens (tertiary/aromatic N) is 3. The van der Waals surface area contributed by atoms with Crippen LogP contribution in [0.5, 0.6) is 0 Å². The maximum Gasteiger partial charge on any atom is 0.301 e. The molecule has 27 heavy (non-hydrogen) atoms. The van der Waals surface area contributed by atoms with Crippen LogP contribution >= 0.6 is 12.2 Å². The zero-order chi connectivity index (χ0) is 18.8. The molecule has 1 aromatic heterocycles. The van der Waals surface area contributed by atoms with Gasteiger partial charge in [0.2, 0.25) is 0 Å². The van der Waals surface area contributed by atoms with Crippen molar-refractivity contribution in [3.63, 3.8) is 0 Å². The highest BCUT2D eigenvalue weighted by atomic mass is 32.1. The van der Waals surface area contributed by atoms with Crippen LogP contribution in [0.1, 0.15) is 0 Å². The maximum atomic E-state index is 12.7. The van der Waals surface area contributed by atoms with Crippen molar-refractivity contribution in [1.29, 1.82) is 0 Å². The molecule has 0 aliphatic carbocycles. The molecule has 4 aromatic rings. The Morgan fingerprint density at radius 2 is 1.63 bits per heavy atom. The fourth-order valence-electron chi connectivity index (χ4n) is 2.88. The Labute approximate surface area is 160 Å². The van der Waals surface area contributed by atoms with Crippen LogP contribution in [-0.2, 0) is 0 Å². The lowest BCUT2D eigenvalue weighted by Gasteiger charge is -2.01. The zero-order valence-corrected chi connectivity index (χ0v) is 15.0. The van der Waals surface area contributed by atoms with Crippen molar-refractivity contribution in [1.82, 2.24) is 9.78 Å². The molecule has 0 aliphatic heterocycles. The predicted molar refractivity (Wildman–Crippen MR) is 111 cm³/mol. The van der Waals surface area contributed by atoms with Gasteiger partial charge >= 0.3 is 5.56 Å². The highest BCUT2D eigenvalue weighted by molar-refractivity contribution is 7.80. The van der Waals surface area contributed by atoms with Crippen molar-refractivity contribution in [2.24, 2.45) is 16.0 Å². The number of nitrogens with two attached hydrogens (primary N) is 1. The predicted octanol–water partition coefficient (Wildman–Crippen LogP) is 4.50. The van der Waals surface area contributed by atoms with Crippen molar-refractivity contribution < 1.29 is 0 Å². The van der Waals surface area contributed by atoms with E-state index in [0.717, 1.165) is 21.0 Å². The largest absolute Gasteiger partial charge is 0.374 e. The highest BCUT2D eigenvalue weighted by Gasteiger charge is 2.17. The molecule has 6 nitrogen and oxygen atoms in total. The van der Waals surface area contributed by atoms with Gasteiger partial charge in [-0.05, 0) is 23.7 Å². The number of fused-ring (bicyclic) bond motifs is 1. The quantitative estimate of drug-likeness (QED) is 0.409. The van der Waals surface area contributed by atoms with Crippen molar-refractivity contribution in [2.75, 3.05) is 0 Å². The molecule has 0 amide bonds. The second-order valence-corrected chi connectivity index (χ2v) is 6.30. The molecule has 0 unspecified atom stereocenters. The molecule has 0 saturated heterocycles. The number of nitrogens with one attached hydrogen (secondary N) is 1. The number of hydrogen-bond acceptors (Lipinski definition) is 4. The minimum absolute atomic E-state index is 0.0798. The summed E-state index contributed by atoms with van der Waals surface area (Å²) in [6, 6.07) is 23.0. The average Bonchev–Trinajstić information content (AvgIpc) is 3.03. The number of rotatable bonds is 3. The van der Waals surface area contributed by atoms with E-state index < -0.39 is 5.56 Å². The minimum Gasteiger partial charge on any atom is -0.374 e. The van der Waals surface area contributed by atoms with Gasteiger partial charge < -0.3 is 5.73 Å². The van der Waals surface area contributed by atoms with Crippen LogP contribution < -0.4 is 11.3 Å². The average molecular weight is 373 g/mol. The van der Waals surface area contributed by atoms with E-state index in [1.54, 1.807) is 0 Å². The van der Waals surface area contributed by atoms with Gasteiger partial charge in [-0.3, -0.25) is 9.89 Å². The van der Waals surface area contributed by atoms with Gasteiger partial charge in [-0.15, -0.1) is 10.2 Å². The fourth-order valence-corrected chi connectivity index (χ4v) is 3.01. The second-order valence-electron chi connectivity index (χ2n) is 5.88. The molecule has 1 heterocycles. The van der Waals surface area contributed by atoms with Crippen molar-refractivity contribution >= 4 is 39.5 Å². The van der Waals surface area contributed by atoms with Crippen LogP contribution in [0.25, 0.3) is 22.0 Å². The van der Waals surface area contributed by atoms with Crippen molar-refractivity contribution in [3.8, 4) is 11.3 Å². The molecule has 0 radical (unpaired) electrons. The molecule has 0 atom stereocenters. The molecule has 3 N–H and O–H groups in total. The van der Waals surface area contributed by atoms with Gasteiger partial charge in [-0.2, -0.15) is 4.68 Å². The lowest BCUT2D eigenvalue weighted by molar-refractivity contribution is 0.910. The first kappa shape index (κ1) is 16.9. The van der Waals surface area contributed by atoms with Crippen LogP contribution in [0.3, 0.4) is 0 Å². The van der Waals surface area contributed by atoms with E-state index in [1.165, 1.54) is 0 Å². The molecular formula is C20H15N5OS. The topological polar surface area (TPSA) is 88.5 Å². The first-order valence-electron chi connectivity index (χ1n) is 8.25. The highest BCUT2D eigenvalue weighted by Crippen LogP contribution is 2.30. The van der Waals surface area contributed by atoms with Gasteiger partial charge in [0.25, 0.3) is 0 Å². The number of benzene rings is 3. The molecule has 4 rings (SSSR count). The summed E-state index contributed by atoms with van der Waals surface area (Å²) >= 11 is 4.95. The lowest BCUT2D eigenvalue weighted by Crippen LogP contribution is -2.29. The molecular weight excluding hydrogens is 358 g/mol. The summed E-state index contributed by atoms with van der Waals surface area (Å²) in [5.41, 5.74) is 7.34. The molecule has 0 fully saturated rings. The molecule has 0 bridgehead atoms. The van der Waals surface area contributed by atoms with Gasteiger partial charge in [0.1, 0.15) is 0 Å². The number of thiocarbonyl (C=S) groups is 1. The Balaban J connectivity index is 1.87. The Hall–Kier alpha value is -3.58. The Morgan fingerprint density at radius 1 is 0.926 bits per heavy atom. The van der Waals surface area contributed by atoms with Crippen molar-refractivity contribution in [3.05, 3.63) is 83.2 Å². The third-order valence-electron chi connectivity index (χ3n) is 4.17. The lowest BCUT2D eigenvalue weighted by atomic mass is 10.1. The van der Waals surface area contributed by atoms with E-state index in [0.29, 0.717) is 11.4 Å². The van der Waals surface area contributed by atoms with Gasteiger partial charge in [0.05, 0.1) is 11.4 Å². The van der Waals surface area contributed by atoms with Gasteiger partial charge in [0, 0.05) is 10.9 Å².